The van der Waals surface area contributed by atoms with Crippen molar-refractivity contribution in [2.24, 2.45) is 5.92 Å². The Balaban J connectivity index is 1.04. The summed E-state index contributed by atoms with van der Waals surface area (Å²) in [6, 6.07) is 11.6. The van der Waals surface area contributed by atoms with E-state index < -0.39 is 0 Å². The maximum atomic E-state index is 12.8. The normalized spacial score (nSPS) is 20.3. The quantitative estimate of drug-likeness (QED) is 0.334. The lowest BCUT2D eigenvalue weighted by molar-refractivity contribution is -0.125. The Bertz CT molecular complexity index is 1630. The first-order valence-corrected chi connectivity index (χ1v) is 13.9. The van der Waals surface area contributed by atoms with Gasteiger partial charge in [-0.25, -0.2) is 15.0 Å². The Morgan fingerprint density at radius 1 is 1.10 bits per heavy atom. The molecule has 3 fully saturated rings. The third kappa shape index (κ3) is 4.95. The van der Waals surface area contributed by atoms with Gasteiger partial charge in [0.1, 0.15) is 18.0 Å². The number of benzene rings is 1. The first-order chi connectivity index (χ1) is 19.4. The van der Waals surface area contributed by atoms with Crippen molar-refractivity contribution in [1.29, 1.82) is 0 Å². The number of hydrogen-bond acceptors (Lipinski definition) is 7. The summed E-state index contributed by atoms with van der Waals surface area (Å²) in [5.41, 5.74) is 5.03. The van der Waals surface area contributed by atoms with Gasteiger partial charge in [0, 0.05) is 36.4 Å². The number of imidazole rings is 1. The van der Waals surface area contributed by atoms with E-state index in [1.54, 1.807) is 11.0 Å². The number of halogens is 1. The minimum atomic E-state index is -0.0942. The fraction of sp³-hybridized carbons (Fsp3) is 0.345. The molecular formula is C29H29ClN8O2. The molecule has 0 unspecified atom stereocenters. The van der Waals surface area contributed by atoms with Gasteiger partial charge in [-0.3, -0.25) is 9.59 Å². The molecule has 1 aromatic carbocycles. The summed E-state index contributed by atoms with van der Waals surface area (Å²) >= 11 is 6.11. The molecule has 1 saturated heterocycles. The molecular weight excluding hydrogens is 528 g/mol. The van der Waals surface area contributed by atoms with Gasteiger partial charge in [0.05, 0.1) is 31.1 Å². The fourth-order valence-corrected chi connectivity index (χ4v) is 5.65. The number of carbonyl (C=O) groups excluding carboxylic acids is 2. The maximum Gasteiger partial charge on any atom is 0.243 e. The van der Waals surface area contributed by atoms with E-state index in [-0.39, 0.29) is 23.7 Å². The molecule has 4 heterocycles. The zero-order valence-corrected chi connectivity index (χ0v) is 22.8. The minimum absolute atomic E-state index is 0.0555. The lowest BCUT2D eigenvalue weighted by atomic mass is 10.1. The molecule has 1 aliphatic heterocycles. The summed E-state index contributed by atoms with van der Waals surface area (Å²) in [6.07, 6.45) is 8.79. The van der Waals surface area contributed by atoms with E-state index in [9.17, 15) is 9.59 Å². The maximum absolute atomic E-state index is 12.8. The highest BCUT2D eigenvalue weighted by atomic mass is 35.5. The Morgan fingerprint density at radius 3 is 2.73 bits per heavy atom. The summed E-state index contributed by atoms with van der Waals surface area (Å²) in [5, 5.41) is 6.91. The molecule has 0 radical (unpaired) electrons. The number of hydrogen-bond donors (Lipinski definition) is 2. The Morgan fingerprint density at radius 2 is 1.95 bits per heavy atom. The van der Waals surface area contributed by atoms with E-state index in [0.717, 1.165) is 29.0 Å². The lowest BCUT2D eigenvalue weighted by Crippen LogP contribution is -2.23. The summed E-state index contributed by atoms with van der Waals surface area (Å²) in [6.45, 7) is 1.36. The molecule has 40 heavy (non-hydrogen) atoms. The third-order valence-electron chi connectivity index (χ3n) is 7.90. The second-order valence-electron chi connectivity index (χ2n) is 11.0. The van der Waals surface area contributed by atoms with Gasteiger partial charge < -0.3 is 24.8 Å². The van der Waals surface area contributed by atoms with Crippen LogP contribution in [-0.4, -0.2) is 56.3 Å². The van der Waals surface area contributed by atoms with Crippen molar-refractivity contribution in [2.45, 2.75) is 37.6 Å². The number of rotatable bonds is 8. The van der Waals surface area contributed by atoms with Crippen molar-refractivity contribution in [1.82, 2.24) is 24.3 Å². The number of likely N-dealkylation sites (N-methyl/N-ethyl adjacent to an activating group) is 1. The fourth-order valence-electron chi connectivity index (χ4n) is 5.45. The standard InChI is InChI=1S/C29H29ClN8O2/c1-36-16-38(14-27(36)39)24-8-19(17-5-6-17)12-37-13-21(34-28(24)37)11-31-25-10-26(33-15-32-25)35-29(40)23-9-22(23)18-3-2-4-20(30)7-18/h2-4,7-8,10,12-13,15,17,22-23H,5-6,9,11,14,16H2,1H3,(H2,31,32,33,35,40)/t22-,23+/m1/s1. The Hall–Kier alpha value is -4.18. The van der Waals surface area contributed by atoms with Crippen LogP contribution >= 0.6 is 11.6 Å². The highest BCUT2D eigenvalue weighted by Gasteiger charge is 2.44. The molecule has 2 atom stereocenters. The summed E-state index contributed by atoms with van der Waals surface area (Å²) in [5.74, 6) is 1.76. The van der Waals surface area contributed by atoms with Crippen LogP contribution in [0.3, 0.4) is 0 Å². The van der Waals surface area contributed by atoms with Crippen LogP contribution in [-0.2, 0) is 16.1 Å². The largest absolute Gasteiger partial charge is 0.364 e. The number of pyridine rings is 1. The molecule has 7 rings (SSSR count). The van der Waals surface area contributed by atoms with Crippen LogP contribution in [0.25, 0.3) is 5.65 Å². The van der Waals surface area contributed by atoms with Crippen molar-refractivity contribution in [3.05, 3.63) is 77.0 Å². The van der Waals surface area contributed by atoms with Gasteiger partial charge in [-0.2, -0.15) is 0 Å². The van der Waals surface area contributed by atoms with Gasteiger partial charge in [-0.05, 0) is 60.4 Å². The molecule has 2 N–H and O–H groups in total. The van der Waals surface area contributed by atoms with Crippen LogP contribution < -0.4 is 15.5 Å². The summed E-state index contributed by atoms with van der Waals surface area (Å²) < 4.78 is 2.07. The summed E-state index contributed by atoms with van der Waals surface area (Å²) in [4.78, 5) is 42.3. The van der Waals surface area contributed by atoms with Gasteiger partial charge in [0.15, 0.2) is 5.65 Å². The molecule has 0 spiro atoms. The molecule has 2 saturated carbocycles. The molecule has 11 heteroatoms. The van der Waals surface area contributed by atoms with E-state index in [0.29, 0.717) is 42.3 Å². The third-order valence-corrected chi connectivity index (χ3v) is 8.14. The van der Waals surface area contributed by atoms with E-state index in [1.165, 1.54) is 24.7 Å². The van der Waals surface area contributed by atoms with Gasteiger partial charge in [0.2, 0.25) is 11.8 Å². The lowest BCUT2D eigenvalue weighted by Gasteiger charge is -2.19. The number of fused-ring (bicyclic) bond motifs is 1. The van der Waals surface area contributed by atoms with E-state index in [1.807, 2.05) is 37.5 Å². The smallest absolute Gasteiger partial charge is 0.243 e. The summed E-state index contributed by atoms with van der Waals surface area (Å²) in [7, 11) is 1.83. The Labute approximate surface area is 236 Å². The van der Waals surface area contributed by atoms with Gasteiger partial charge in [0.25, 0.3) is 0 Å². The van der Waals surface area contributed by atoms with Crippen molar-refractivity contribution in [2.75, 3.05) is 35.8 Å². The van der Waals surface area contributed by atoms with E-state index in [4.69, 9.17) is 16.6 Å². The molecule has 2 amide bonds. The zero-order chi connectivity index (χ0) is 27.4. The van der Waals surface area contributed by atoms with E-state index in [2.05, 4.69) is 42.2 Å². The monoisotopic (exact) mass is 556 g/mol. The predicted molar refractivity (Wildman–Crippen MR) is 152 cm³/mol. The molecule has 3 aliphatic rings. The number of nitrogens with one attached hydrogen (secondary N) is 2. The average molecular weight is 557 g/mol. The van der Waals surface area contributed by atoms with Crippen LogP contribution in [0.1, 0.15) is 47.9 Å². The topological polar surface area (TPSA) is 108 Å². The second kappa shape index (κ2) is 9.78. The van der Waals surface area contributed by atoms with Crippen molar-refractivity contribution in [3.8, 4) is 0 Å². The van der Waals surface area contributed by atoms with E-state index >= 15 is 0 Å². The highest BCUT2D eigenvalue weighted by Crippen LogP contribution is 2.48. The van der Waals surface area contributed by atoms with Crippen LogP contribution in [0.5, 0.6) is 0 Å². The molecule has 10 nitrogen and oxygen atoms in total. The minimum Gasteiger partial charge on any atom is -0.364 e. The SMILES string of the molecule is CN1CN(c2cc(C3CC3)cn3cc(CNc4cc(NC(=O)[C@H]5C[C@@H]5c5cccc(Cl)c5)ncn4)nc23)CC1=O. The first kappa shape index (κ1) is 24.8. The van der Waals surface area contributed by atoms with Gasteiger partial charge in [-0.15, -0.1) is 0 Å². The van der Waals surface area contributed by atoms with Gasteiger partial charge >= 0.3 is 0 Å². The molecule has 2 aliphatic carbocycles. The second-order valence-corrected chi connectivity index (χ2v) is 11.4. The number of aromatic nitrogens is 4. The first-order valence-electron chi connectivity index (χ1n) is 13.5. The van der Waals surface area contributed by atoms with Crippen LogP contribution in [0, 0.1) is 5.92 Å². The number of nitrogens with zero attached hydrogens (tertiary/aromatic N) is 6. The van der Waals surface area contributed by atoms with Crippen LogP contribution in [0.2, 0.25) is 5.02 Å². The van der Waals surface area contributed by atoms with Gasteiger partial charge in [-0.1, -0.05) is 23.7 Å². The molecule has 4 aromatic rings. The van der Waals surface area contributed by atoms with Crippen molar-refractivity contribution < 1.29 is 9.59 Å². The average Bonchev–Trinajstić information content (AvgIpc) is 3.86. The Kier molecular flexibility index (Phi) is 6.07. The number of carbonyl (C=O) groups is 2. The predicted octanol–water partition coefficient (Wildman–Crippen LogP) is 4.25. The van der Waals surface area contributed by atoms with Crippen molar-refractivity contribution in [3.63, 3.8) is 0 Å². The highest BCUT2D eigenvalue weighted by molar-refractivity contribution is 6.30. The van der Waals surface area contributed by atoms with Crippen LogP contribution in [0.4, 0.5) is 17.3 Å². The molecule has 204 valence electrons. The number of amides is 2. The van der Waals surface area contributed by atoms with Crippen molar-refractivity contribution >= 4 is 46.4 Å². The zero-order valence-electron chi connectivity index (χ0n) is 22.0. The molecule has 3 aromatic heterocycles. The van der Waals surface area contributed by atoms with Crippen LogP contribution in [0.15, 0.2) is 55.1 Å². The number of anilines is 3. The molecule has 0 bridgehead atoms.